The molecule has 2 aliphatic rings. The van der Waals surface area contributed by atoms with Gasteiger partial charge in [-0.3, -0.25) is 4.90 Å². The Hall–Kier alpha value is -0.0800. The van der Waals surface area contributed by atoms with Crippen molar-refractivity contribution in [3.05, 3.63) is 0 Å². The third-order valence-corrected chi connectivity index (χ3v) is 4.31. The second-order valence-electron chi connectivity index (χ2n) is 5.69. The summed E-state index contributed by atoms with van der Waals surface area (Å²) in [6, 6.07) is 1.58. The summed E-state index contributed by atoms with van der Waals surface area (Å²) in [5, 5.41) is 3.73. The van der Waals surface area contributed by atoms with E-state index in [-0.39, 0.29) is 0 Å². The molecule has 2 aliphatic heterocycles. The quantitative estimate of drug-likeness (QED) is 0.776. The summed E-state index contributed by atoms with van der Waals surface area (Å²) in [5.41, 5.74) is 0. The van der Waals surface area contributed by atoms with E-state index in [1.165, 1.54) is 71.0 Å². The molecule has 2 rings (SSSR count). The number of hydrogen-bond acceptors (Lipinski definition) is 2. The van der Waals surface area contributed by atoms with Crippen molar-refractivity contribution in [1.29, 1.82) is 0 Å². The Bertz CT molecular complexity index is 185. The zero-order chi connectivity index (χ0) is 11.2. The van der Waals surface area contributed by atoms with Gasteiger partial charge < -0.3 is 5.32 Å². The average Bonchev–Trinajstić information content (AvgIpc) is 2.64. The maximum atomic E-state index is 3.73. The van der Waals surface area contributed by atoms with Crippen molar-refractivity contribution in [2.24, 2.45) is 0 Å². The molecule has 0 aromatic rings. The van der Waals surface area contributed by atoms with Gasteiger partial charge in [0.15, 0.2) is 0 Å². The highest BCUT2D eigenvalue weighted by atomic mass is 15.2. The summed E-state index contributed by atoms with van der Waals surface area (Å²) in [7, 11) is 0. The van der Waals surface area contributed by atoms with Crippen LogP contribution in [0.25, 0.3) is 0 Å². The minimum atomic E-state index is 0.767. The van der Waals surface area contributed by atoms with Crippen molar-refractivity contribution in [2.75, 3.05) is 19.6 Å². The zero-order valence-corrected chi connectivity index (χ0v) is 10.9. The fraction of sp³-hybridized carbons (Fsp3) is 1.00. The van der Waals surface area contributed by atoms with Crippen molar-refractivity contribution >= 4 is 0 Å². The normalized spacial score (nSPS) is 34.3. The molecule has 0 aromatic heterocycles. The van der Waals surface area contributed by atoms with Gasteiger partial charge in [0.1, 0.15) is 0 Å². The van der Waals surface area contributed by atoms with Crippen LogP contribution in [0.4, 0.5) is 0 Å². The Balaban J connectivity index is 1.81. The smallest absolute Gasteiger partial charge is 0.0195 e. The number of hydrogen-bond donors (Lipinski definition) is 1. The Morgan fingerprint density at radius 3 is 2.75 bits per heavy atom. The molecular formula is C14H28N2. The third kappa shape index (κ3) is 3.74. The highest BCUT2D eigenvalue weighted by molar-refractivity contribution is 4.79. The van der Waals surface area contributed by atoms with Crippen molar-refractivity contribution in [1.82, 2.24) is 10.2 Å². The average molecular weight is 224 g/mol. The van der Waals surface area contributed by atoms with E-state index in [1.54, 1.807) is 0 Å². The van der Waals surface area contributed by atoms with E-state index in [1.807, 2.05) is 0 Å². The van der Waals surface area contributed by atoms with Crippen molar-refractivity contribution in [3.8, 4) is 0 Å². The minimum absolute atomic E-state index is 0.767. The van der Waals surface area contributed by atoms with Crippen molar-refractivity contribution in [2.45, 2.75) is 70.4 Å². The first-order valence-corrected chi connectivity index (χ1v) is 7.33. The molecule has 2 heteroatoms. The zero-order valence-electron chi connectivity index (χ0n) is 10.9. The predicted molar refractivity (Wildman–Crippen MR) is 69.8 cm³/mol. The monoisotopic (exact) mass is 224 g/mol. The second kappa shape index (κ2) is 6.61. The van der Waals surface area contributed by atoms with Gasteiger partial charge in [0, 0.05) is 18.6 Å². The molecular weight excluding hydrogens is 196 g/mol. The molecule has 0 amide bonds. The fourth-order valence-electron chi connectivity index (χ4n) is 3.15. The van der Waals surface area contributed by atoms with E-state index >= 15 is 0 Å². The predicted octanol–water partition coefficient (Wildman–Crippen LogP) is 2.78. The number of nitrogens with one attached hydrogen (secondary N) is 1. The molecule has 16 heavy (non-hydrogen) atoms. The molecule has 0 aromatic carbocycles. The maximum absolute atomic E-state index is 3.73. The van der Waals surface area contributed by atoms with Gasteiger partial charge in [0.25, 0.3) is 0 Å². The topological polar surface area (TPSA) is 15.3 Å². The summed E-state index contributed by atoms with van der Waals surface area (Å²) < 4.78 is 0. The van der Waals surface area contributed by atoms with Crippen molar-refractivity contribution in [3.63, 3.8) is 0 Å². The molecule has 2 fully saturated rings. The van der Waals surface area contributed by atoms with Gasteiger partial charge in [-0.1, -0.05) is 25.7 Å². The van der Waals surface area contributed by atoms with E-state index in [0.717, 1.165) is 12.1 Å². The minimum Gasteiger partial charge on any atom is -0.313 e. The molecule has 2 saturated heterocycles. The van der Waals surface area contributed by atoms with E-state index in [0.29, 0.717) is 0 Å². The Labute approximate surface area is 101 Å². The van der Waals surface area contributed by atoms with Crippen LogP contribution in [-0.4, -0.2) is 36.6 Å². The summed E-state index contributed by atoms with van der Waals surface area (Å²) >= 11 is 0. The standard InChI is InChI=1S/C14H28N2/c1-13-8-4-3-7-11-16(13)12-14-9-5-2-6-10-15-14/h13-15H,2-12H2,1H3. The summed E-state index contributed by atoms with van der Waals surface area (Å²) in [6.07, 6.45) is 11.3. The summed E-state index contributed by atoms with van der Waals surface area (Å²) in [6.45, 7) is 6.29. The van der Waals surface area contributed by atoms with Crippen LogP contribution in [0.2, 0.25) is 0 Å². The third-order valence-electron chi connectivity index (χ3n) is 4.31. The van der Waals surface area contributed by atoms with Crippen LogP contribution in [0.5, 0.6) is 0 Å². The first kappa shape index (κ1) is 12.4. The largest absolute Gasteiger partial charge is 0.313 e. The highest BCUT2D eigenvalue weighted by Crippen LogP contribution is 2.18. The van der Waals surface area contributed by atoms with Crippen LogP contribution in [0.3, 0.4) is 0 Å². The molecule has 94 valence electrons. The second-order valence-corrected chi connectivity index (χ2v) is 5.69. The first-order chi connectivity index (χ1) is 7.86. The molecule has 2 unspecified atom stereocenters. The van der Waals surface area contributed by atoms with Crippen LogP contribution < -0.4 is 5.32 Å². The first-order valence-electron chi connectivity index (χ1n) is 7.33. The lowest BCUT2D eigenvalue weighted by Gasteiger charge is -2.31. The summed E-state index contributed by atoms with van der Waals surface area (Å²) in [5.74, 6) is 0. The van der Waals surface area contributed by atoms with Gasteiger partial charge in [-0.15, -0.1) is 0 Å². The Morgan fingerprint density at radius 2 is 1.81 bits per heavy atom. The Kier molecular flexibility index (Phi) is 5.11. The summed E-state index contributed by atoms with van der Waals surface area (Å²) in [4.78, 5) is 2.73. The lowest BCUT2D eigenvalue weighted by atomic mass is 10.1. The van der Waals surface area contributed by atoms with Gasteiger partial charge in [-0.05, 0) is 45.7 Å². The van der Waals surface area contributed by atoms with Gasteiger partial charge in [-0.25, -0.2) is 0 Å². The molecule has 0 aliphatic carbocycles. The van der Waals surface area contributed by atoms with Crippen LogP contribution in [0, 0.1) is 0 Å². The molecule has 2 heterocycles. The fourth-order valence-corrected chi connectivity index (χ4v) is 3.15. The molecule has 0 radical (unpaired) electrons. The van der Waals surface area contributed by atoms with Gasteiger partial charge in [-0.2, -0.15) is 0 Å². The van der Waals surface area contributed by atoms with E-state index in [2.05, 4.69) is 17.1 Å². The number of likely N-dealkylation sites (tertiary alicyclic amines) is 1. The highest BCUT2D eigenvalue weighted by Gasteiger charge is 2.21. The molecule has 0 saturated carbocycles. The SMILES string of the molecule is CC1CCCCCN1CC1CCCCCN1. The molecule has 2 nitrogen and oxygen atoms in total. The van der Waals surface area contributed by atoms with E-state index in [4.69, 9.17) is 0 Å². The lowest BCUT2D eigenvalue weighted by Crippen LogP contribution is -2.44. The molecule has 2 atom stereocenters. The lowest BCUT2D eigenvalue weighted by molar-refractivity contribution is 0.188. The Morgan fingerprint density at radius 1 is 1.00 bits per heavy atom. The molecule has 0 bridgehead atoms. The van der Waals surface area contributed by atoms with Crippen LogP contribution in [-0.2, 0) is 0 Å². The van der Waals surface area contributed by atoms with Crippen molar-refractivity contribution < 1.29 is 0 Å². The van der Waals surface area contributed by atoms with Gasteiger partial charge in [0.05, 0.1) is 0 Å². The van der Waals surface area contributed by atoms with Crippen LogP contribution in [0.1, 0.15) is 58.3 Å². The van der Waals surface area contributed by atoms with Crippen LogP contribution >= 0.6 is 0 Å². The van der Waals surface area contributed by atoms with Gasteiger partial charge in [0.2, 0.25) is 0 Å². The van der Waals surface area contributed by atoms with E-state index in [9.17, 15) is 0 Å². The molecule has 1 N–H and O–H groups in total. The van der Waals surface area contributed by atoms with E-state index < -0.39 is 0 Å². The molecule has 0 spiro atoms. The number of nitrogens with zero attached hydrogens (tertiary/aromatic N) is 1. The number of rotatable bonds is 2. The van der Waals surface area contributed by atoms with Crippen LogP contribution in [0.15, 0.2) is 0 Å². The van der Waals surface area contributed by atoms with Gasteiger partial charge >= 0.3 is 0 Å². The maximum Gasteiger partial charge on any atom is 0.0195 e.